The number of nitrogens with zero attached hydrogens (tertiary/aromatic N) is 2. The van der Waals surface area contributed by atoms with Gasteiger partial charge in [-0.05, 0) is 24.5 Å². The standard InChI is InChI=1S/C18H26F2N4O2.HI/c1-24(2)16(25)11-22-17(21-8-9-26-3)23-12-18(6-7-18)14-5-4-13(19)10-15(14)20;/h4-5,10H,6-9,11-12H2,1-3H3,(H2,21,22,23);1H. The predicted molar refractivity (Wildman–Crippen MR) is 112 cm³/mol. The topological polar surface area (TPSA) is 66.0 Å². The largest absolute Gasteiger partial charge is 0.383 e. The molecule has 0 bridgehead atoms. The normalized spacial score (nSPS) is 14.9. The fourth-order valence-electron chi connectivity index (χ4n) is 2.60. The number of guanidine groups is 1. The summed E-state index contributed by atoms with van der Waals surface area (Å²) < 4.78 is 32.3. The van der Waals surface area contributed by atoms with Crippen LogP contribution in [0.15, 0.2) is 23.2 Å². The zero-order valence-electron chi connectivity index (χ0n) is 15.8. The first-order valence-corrected chi connectivity index (χ1v) is 8.55. The minimum atomic E-state index is -0.583. The molecule has 1 aliphatic rings. The number of rotatable bonds is 8. The Hall–Kier alpha value is -1.49. The molecule has 27 heavy (non-hydrogen) atoms. The highest BCUT2D eigenvalue weighted by Gasteiger charge is 2.46. The lowest BCUT2D eigenvalue weighted by Crippen LogP contribution is -2.43. The van der Waals surface area contributed by atoms with E-state index in [1.54, 1.807) is 21.2 Å². The first-order chi connectivity index (χ1) is 12.4. The van der Waals surface area contributed by atoms with E-state index in [0.717, 1.165) is 18.9 Å². The fraction of sp³-hybridized carbons (Fsp3) is 0.556. The third-order valence-electron chi connectivity index (χ3n) is 4.42. The van der Waals surface area contributed by atoms with E-state index in [2.05, 4.69) is 15.6 Å². The van der Waals surface area contributed by atoms with Crippen molar-refractivity contribution in [1.82, 2.24) is 15.5 Å². The lowest BCUT2D eigenvalue weighted by Gasteiger charge is -2.20. The Kier molecular flexibility index (Phi) is 9.37. The summed E-state index contributed by atoms with van der Waals surface area (Å²) in [6.45, 7) is 1.47. The Balaban J connectivity index is 0.00000364. The van der Waals surface area contributed by atoms with E-state index in [4.69, 9.17) is 4.74 Å². The highest BCUT2D eigenvalue weighted by molar-refractivity contribution is 14.0. The van der Waals surface area contributed by atoms with Crippen LogP contribution >= 0.6 is 24.0 Å². The van der Waals surface area contributed by atoms with Crippen molar-refractivity contribution in [2.75, 3.05) is 47.4 Å². The van der Waals surface area contributed by atoms with Crippen LogP contribution in [0, 0.1) is 11.6 Å². The molecule has 1 aliphatic carbocycles. The van der Waals surface area contributed by atoms with Gasteiger partial charge in [0.25, 0.3) is 0 Å². The van der Waals surface area contributed by atoms with Crippen molar-refractivity contribution in [3.63, 3.8) is 0 Å². The molecule has 6 nitrogen and oxygen atoms in total. The highest BCUT2D eigenvalue weighted by atomic mass is 127. The van der Waals surface area contributed by atoms with Crippen LogP contribution in [-0.4, -0.2) is 64.2 Å². The number of halogens is 3. The van der Waals surface area contributed by atoms with Crippen LogP contribution in [0.1, 0.15) is 18.4 Å². The van der Waals surface area contributed by atoms with Crippen LogP contribution in [0.2, 0.25) is 0 Å². The Bertz CT molecular complexity index is 667. The Morgan fingerprint density at radius 3 is 2.56 bits per heavy atom. The number of hydrogen-bond acceptors (Lipinski definition) is 3. The van der Waals surface area contributed by atoms with Crippen molar-refractivity contribution < 1.29 is 18.3 Å². The monoisotopic (exact) mass is 496 g/mol. The summed E-state index contributed by atoms with van der Waals surface area (Å²) in [4.78, 5) is 17.5. The molecule has 0 spiro atoms. The van der Waals surface area contributed by atoms with Crippen LogP contribution in [0.4, 0.5) is 8.78 Å². The van der Waals surface area contributed by atoms with Gasteiger partial charge in [-0.3, -0.25) is 4.79 Å². The third kappa shape index (κ3) is 6.87. The number of nitrogens with one attached hydrogen (secondary N) is 2. The number of ether oxygens (including phenoxy) is 1. The number of methoxy groups -OCH3 is 1. The summed E-state index contributed by atoms with van der Waals surface area (Å²) in [5.74, 6) is -0.770. The summed E-state index contributed by atoms with van der Waals surface area (Å²) in [5, 5.41) is 6.25. The Morgan fingerprint density at radius 2 is 2.00 bits per heavy atom. The second-order valence-corrected chi connectivity index (χ2v) is 6.63. The fourth-order valence-corrected chi connectivity index (χ4v) is 2.60. The second kappa shape index (κ2) is 10.7. The molecule has 0 unspecified atom stereocenters. The van der Waals surface area contributed by atoms with Gasteiger partial charge in [0, 0.05) is 45.8 Å². The second-order valence-electron chi connectivity index (χ2n) is 6.63. The number of hydrogen-bond donors (Lipinski definition) is 2. The minimum Gasteiger partial charge on any atom is -0.383 e. The van der Waals surface area contributed by atoms with Gasteiger partial charge in [0.15, 0.2) is 5.96 Å². The number of aliphatic imine (C=N–C) groups is 1. The number of likely N-dealkylation sites (N-methyl/N-ethyl adjacent to an activating group) is 1. The molecule has 0 saturated heterocycles. The molecule has 1 aromatic carbocycles. The third-order valence-corrected chi connectivity index (χ3v) is 4.42. The summed E-state index contributed by atoms with van der Waals surface area (Å²) in [7, 11) is 4.93. The zero-order chi connectivity index (χ0) is 19.2. The van der Waals surface area contributed by atoms with E-state index in [1.807, 2.05) is 0 Å². The van der Waals surface area contributed by atoms with E-state index < -0.39 is 11.6 Å². The molecule has 1 amide bonds. The molecule has 0 aliphatic heterocycles. The molecular formula is C18H27F2IN4O2. The predicted octanol–water partition coefficient (Wildman–Crippen LogP) is 1.88. The van der Waals surface area contributed by atoms with Gasteiger partial charge in [-0.2, -0.15) is 0 Å². The number of amides is 1. The van der Waals surface area contributed by atoms with Crippen LogP contribution in [0.5, 0.6) is 0 Å². The summed E-state index contributed by atoms with van der Waals surface area (Å²) in [5.41, 5.74) is 0.138. The molecule has 0 heterocycles. The average Bonchev–Trinajstić information content (AvgIpc) is 3.37. The van der Waals surface area contributed by atoms with Gasteiger partial charge in [-0.25, -0.2) is 13.8 Å². The molecule has 9 heteroatoms. The molecule has 1 aromatic rings. The van der Waals surface area contributed by atoms with Crippen molar-refractivity contribution in [3.05, 3.63) is 35.4 Å². The molecule has 0 aromatic heterocycles. The number of benzene rings is 1. The average molecular weight is 496 g/mol. The van der Waals surface area contributed by atoms with Crippen molar-refractivity contribution >= 4 is 35.8 Å². The van der Waals surface area contributed by atoms with Crippen LogP contribution in [-0.2, 0) is 14.9 Å². The van der Waals surface area contributed by atoms with E-state index >= 15 is 0 Å². The van der Waals surface area contributed by atoms with Gasteiger partial charge in [-0.1, -0.05) is 6.07 Å². The van der Waals surface area contributed by atoms with Gasteiger partial charge in [0.1, 0.15) is 18.2 Å². The molecule has 1 fully saturated rings. The first kappa shape index (κ1) is 23.5. The molecule has 0 radical (unpaired) electrons. The molecule has 2 rings (SSSR count). The maximum Gasteiger partial charge on any atom is 0.243 e. The highest BCUT2D eigenvalue weighted by Crippen LogP contribution is 2.48. The van der Waals surface area contributed by atoms with Gasteiger partial charge in [-0.15, -0.1) is 24.0 Å². The molecule has 152 valence electrons. The van der Waals surface area contributed by atoms with Crippen LogP contribution in [0.3, 0.4) is 0 Å². The maximum absolute atomic E-state index is 14.1. The Morgan fingerprint density at radius 1 is 1.30 bits per heavy atom. The van der Waals surface area contributed by atoms with Crippen LogP contribution in [0.25, 0.3) is 0 Å². The van der Waals surface area contributed by atoms with Crippen molar-refractivity contribution in [2.24, 2.45) is 4.99 Å². The summed E-state index contributed by atoms with van der Waals surface area (Å²) in [6.07, 6.45) is 1.62. The number of carbonyl (C=O) groups is 1. The number of carbonyl (C=O) groups excluding carboxylic acids is 1. The zero-order valence-corrected chi connectivity index (χ0v) is 18.2. The smallest absolute Gasteiger partial charge is 0.243 e. The lowest BCUT2D eigenvalue weighted by molar-refractivity contribution is -0.127. The van der Waals surface area contributed by atoms with E-state index in [9.17, 15) is 13.6 Å². The van der Waals surface area contributed by atoms with E-state index in [1.165, 1.54) is 17.0 Å². The van der Waals surface area contributed by atoms with Crippen LogP contribution < -0.4 is 10.6 Å². The summed E-state index contributed by atoms with van der Waals surface area (Å²) >= 11 is 0. The van der Waals surface area contributed by atoms with E-state index in [-0.39, 0.29) is 41.8 Å². The van der Waals surface area contributed by atoms with E-state index in [0.29, 0.717) is 31.2 Å². The first-order valence-electron chi connectivity index (χ1n) is 8.55. The maximum atomic E-state index is 14.1. The van der Waals surface area contributed by atoms with Crippen molar-refractivity contribution in [2.45, 2.75) is 18.3 Å². The van der Waals surface area contributed by atoms with Gasteiger partial charge >= 0.3 is 0 Å². The SMILES string of the molecule is COCCNC(=NCC(=O)N(C)C)NCC1(c2ccc(F)cc2F)CC1.I. The van der Waals surface area contributed by atoms with Crippen molar-refractivity contribution in [1.29, 1.82) is 0 Å². The van der Waals surface area contributed by atoms with Gasteiger partial charge < -0.3 is 20.3 Å². The summed E-state index contributed by atoms with van der Waals surface area (Å²) in [6, 6.07) is 3.70. The minimum absolute atomic E-state index is 0. The molecule has 2 N–H and O–H groups in total. The molecular weight excluding hydrogens is 469 g/mol. The molecule has 1 saturated carbocycles. The quantitative estimate of drug-likeness (QED) is 0.250. The Labute approximate surface area is 175 Å². The van der Waals surface area contributed by atoms with Gasteiger partial charge in [0.05, 0.1) is 6.61 Å². The van der Waals surface area contributed by atoms with Gasteiger partial charge in [0.2, 0.25) is 5.91 Å². The molecule has 0 atom stereocenters. The van der Waals surface area contributed by atoms with Crippen molar-refractivity contribution in [3.8, 4) is 0 Å². The lowest BCUT2D eigenvalue weighted by atomic mass is 9.95.